The van der Waals surface area contributed by atoms with Crippen LogP contribution in [0.3, 0.4) is 0 Å². The van der Waals surface area contributed by atoms with Gasteiger partial charge in [0.25, 0.3) is 5.91 Å². The summed E-state index contributed by atoms with van der Waals surface area (Å²) >= 11 is 0. The zero-order valence-corrected chi connectivity index (χ0v) is 12.6. The van der Waals surface area contributed by atoms with Crippen LogP contribution in [0.4, 0.5) is 5.69 Å². The van der Waals surface area contributed by atoms with Gasteiger partial charge in [0.2, 0.25) is 0 Å². The van der Waals surface area contributed by atoms with Gasteiger partial charge in [-0.2, -0.15) is 0 Å². The summed E-state index contributed by atoms with van der Waals surface area (Å²) < 4.78 is 5.43. The smallest absolute Gasteiger partial charge is 0.265 e. The molecular weight excluding hydrogens is 314 g/mol. The maximum atomic E-state index is 12.1. The Bertz CT molecular complexity index is 740. The molecule has 1 amide bonds. The number of rotatable bonds is 6. The predicted octanol–water partition coefficient (Wildman–Crippen LogP) is -0.180. The number of anilines is 1. The highest BCUT2D eigenvalue weighted by atomic mass is 16.5. The molecule has 2 rings (SSSR count). The Morgan fingerprint density at radius 3 is 2.00 bits per heavy atom. The number of hydrogen-bond acceptors (Lipinski definition) is 6. The summed E-state index contributed by atoms with van der Waals surface area (Å²) in [4.78, 5) is 34.0. The topological polar surface area (TPSA) is 119 Å². The molecule has 2 aromatic rings. The molecule has 0 saturated carbocycles. The third kappa shape index (κ3) is 4.33. The lowest BCUT2D eigenvalue weighted by molar-refractivity contribution is -0.255. The first-order valence-corrected chi connectivity index (χ1v) is 6.97. The minimum atomic E-state index is -1.57. The van der Waals surface area contributed by atoms with Gasteiger partial charge in [-0.05, 0) is 48.4 Å². The summed E-state index contributed by atoms with van der Waals surface area (Å²) in [7, 11) is 0. The third-order valence-corrected chi connectivity index (χ3v) is 3.10. The van der Waals surface area contributed by atoms with E-state index < -0.39 is 23.9 Å². The number of ether oxygens (including phenoxy) is 1. The first-order chi connectivity index (χ1) is 11.4. The van der Waals surface area contributed by atoms with Gasteiger partial charge in [-0.3, -0.25) is 4.79 Å². The third-order valence-electron chi connectivity index (χ3n) is 3.10. The van der Waals surface area contributed by atoms with Gasteiger partial charge in [0, 0.05) is 5.69 Å². The molecule has 0 aromatic heterocycles. The van der Waals surface area contributed by atoms with Gasteiger partial charge in [-0.1, -0.05) is 18.2 Å². The maximum Gasteiger partial charge on any atom is 0.265 e. The number of carbonyl (C=O) groups is 3. The van der Waals surface area contributed by atoms with Gasteiger partial charge in [0.1, 0.15) is 5.75 Å². The molecule has 0 radical (unpaired) electrons. The second-order valence-electron chi connectivity index (χ2n) is 4.94. The summed E-state index contributed by atoms with van der Waals surface area (Å²) in [6, 6.07) is 11.7. The van der Waals surface area contributed by atoms with Crippen LogP contribution in [0.2, 0.25) is 0 Å². The monoisotopic (exact) mass is 327 g/mol. The van der Waals surface area contributed by atoms with Gasteiger partial charge in [0.05, 0.1) is 11.9 Å². The first-order valence-electron chi connectivity index (χ1n) is 6.97. The minimum Gasteiger partial charge on any atom is -0.545 e. The average molecular weight is 327 g/mol. The lowest BCUT2D eigenvalue weighted by atomic mass is 10.1. The number of para-hydroxylation sites is 1. The molecule has 1 atom stereocenters. The van der Waals surface area contributed by atoms with Crippen molar-refractivity contribution < 1.29 is 29.3 Å². The van der Waals surface area contributed by atoms with E-state index in [0.717, 1.165) is 18.2 Å². The van der Waals surface area contributed by atoms with Crippen LogP contribution in [0.5, 0.6) is 5.75 Å². The number of nitrogens with one attached hydrogen (secondary N) is 1. The predicted molar refractivity (Wildman–Crippen MR) is 80.3 cm³/mol. The van der Waals surface area contributed by atoms with E-state index in [1.165, 1.54) is 6.92 Å². The molecule has 0 spiro atoms. The second-order valence-corrected chi connectivity index (χ2v) is 4.94. The van der Waals surface area contributed by atoms with Crippen molar-refractivity contribution in [2.75, 3.05) is 5.32 Å². The highest BCUT2D eigenvalue weighted by Gasteiger charge is 2.15. The van der Waals surface area contributed by atoms with Crippen molar-refractivity contribution in [1.29, 1.82) is 0 Å². The number of carboxylic acids is 2. The Labute approximate surface area is 137 Å². The van der Waals surface area contributed by atoms with Gasteiger partial charge >= 0.3 is 0 Å². The molecule has 0 bridgehead atoms. The normalized spacial score (nSPS) is 11.4. The minimum absolute atomic E-state index is 0.00980. The molecule has 124 valence electrons. The summed E-state index contributed by atoms with van der Waals surface area (Å²) in [6.07, 6.45) is -0.884. The van der Waals surface area contributed by atoms with Crippen LogP contribution in [0.25, 0.3) is 0 Å². The Morgan fingerprint density at radius 2 is 1.50 bits per heavy atom. The Hall–Kier alpha value is -3.35. The summed E-state index contributed by atoms with van der Waals surface area (Å²) in [5, 5.41) is 24.3. The molecule has 0 aliphatic heterocycles. The average Bonchev–Trinajstić information content (AvgIpc) is 2.55. The van der Waals surface area contributed by atoms with Crippen molar-refractivity contribution in [2.24, 2.45) is 0 Å². The van der Waals surface area contributed by atoms with E-state index >= 15 is 0 Å². The van der Waals surface area contributed by atoms with Crippen LogP contribution in [0, 0.1) is 0 Å². The number of aromatic carboxylic acids is 2. The number of benzene rings is 2. The van der Waals surface area contributed by atoms with Gasteiger partial charge < -0.3 is 29.9 Å². The molecule has 7 nitrogen and oxygen atoms in total. The van der Waals surface area contributed by atoms with E-state index in [-0.39, 0.29) is 16.8 Å². The molecule has 0 saturated heterocycles. The quantitative estimate of drug-likeness (QED) is 0.786. The van der Waals surface area contributed by atoms with Crippen LogP contribution in [0.15, 0.2) is 48.5 Å². The number of carboxylic acid groups (broad SMARTS) is 2. The van der Waals surface area contributed by atoms with Gasteiger partial charge in [0.15, 0.2) is 6.10 Å². The van der Waals surface area contributed by atoms with Crippen molar-refractivity contribution in [2.45, 2.75) is 13.0 Å². The van der Waals surface area contributed by atoms with Crippen LogP contribution < -0.4 is 20.3 Å². The van der Waals surface area contributed by atoms with Crippen LogP contribution in [-0.4, -0.2) is 23.9 Å². The van der Waals surface area contributed by atoms with Crippen molar-refractivity contribution in [3.05, 3.63) is 59.7 Å². The molecular formula is C17H13NO6-2. The van der Waals surface area contributed by atoms with E-state index in [1.807, 2.05) is 0 Å². The Balaban J connectivity index is 2.15. The van der Waals surface area contributed by atoms with Gasteiger partial charge in [-0.15, -0.1) is 0 Å². The van der Waals surface area contributed by atoms with Crippen molar-refractivity contribution >= 4 is 23.5 Å². The van der Waals surface area contributed by atoms with Gasteiger partial charge in [-0.25, -0.2) is 0 Å². The van der Waals surface area contributed by atoms with E-state index in [9.17, 15) is 24.6 Å². The second kappa shape index (κ2) is 7.28. The zero-order valence-electron chi connectivity index (χ0n) is 12.6. The Morgan fingerprint density at radius 1 is 0.958 bits per heavy atom. The fourth-order valence-corrected chi connectivity index (χ4v) is 1.94. The summed E-state index contributed by atoms with van der Waals surface area (Å²) in [6.45, 7) is 1.50. The number of amides is 1. The van der Waals surface area contributed by atoms with E-state index in [0.29, 0.717) is 5.75 Å². The van der Waals surface area contributed by atoms with E-state index in [2.05, 4.69) is 5.32 Å². The van der Waals surface area contributed by atoms with Crippen LogP contribution >= 0.6 is 0 Å². The summed E-state index contributed by atoms with van der Waals surface area (Å²) in [5.74, 6) is -3.22. The molecule has 7 heteroatoms. The van der Waals surface area contributed by atoms with Crippen LogP contribution in [0.1, 0.15) is 27.6 Å². The molecule has 0 unspecified atom stereocenters. The SMILES string of the molecule is C[C@H](Oc1ccccc1)C(=O)Nc1cc(C(=O)[O-])cc(C(=O)[O-])c1. The zero-order chi connectivity index (χ0) is 17.7. The molecule has 0 aliphatic rings. The maximum absolute atomic E-state index is 12.1. The standard InChI is InChI=1S/C17H15NO6/c1-10(24-14-5-3-2-4-6-14)15(19)18-13-8-11(16(20)21)7-12(9-13)17(22)23/h2-10H,1H3,(H,18,19)(H,20,21)(H,22,23)/p-2/t10-/m0/s1. The highest BCUT2D eigenvalue weighted by Crippen LogP contribution is 2.16. The van der Waals surface area contributed by atoms with E-state index in [1.54, 1.807) is 30.3 Å². The van der Waals surface area contributed by atoms with E-state index in [4.69, 9.17) is 4.74 Å². The fourth-order valence-electron chi connectivity index (χ4n) is 1.94. The van der Waals surface area contributed by atoms with Crippen molar-refractivity contribution in [1.82, 2.24) is 0 Å². The van der Waals surface area contributed by atoms with Crippen molar-refractivity contribution in [3.8, 4) is 5.75 Å². The lowest BCUT2D eigenvalue weighted by Crippen LogP contribution is -2.31. The Kier molecular flexibility index (Phi) is 5.16. The molecule has 0 heterocycles. The van der Waals surface area contributed by atoms with Crippen molar-refractivity contribution in [3.63, 3.8) is 0 Å². The first kappa shape index (κ1) is 17.0. The number of hydrogen-bond donors (Lipinski definition) is 1. The molecule has 0 aliphatic carbocycles. The molecule has 24 heavy (non-hydrogen) atoms. The summed E-state index contributed by atoms with van der Waals surface area (Å²) in [5.41, 5.74) is -0.781. The highest BCUT2D eigenvalue weighted by molar-refractivity contribution is 5.98. The molecule has 2 aromatic carbocycles. The molecule has 1 N–H and O–H groups in total. The van der Waals surface area contributed by atoms with Crippen LogP contribution in [-0.2, 0) is 4.79 Å². The molecule has 0 fully saturated rings. The number of carbonyl (C=O) groups excluding carboxylic acids is 3. The lowest BCUT2D eigenvalue weighted by Gasteiger charge is -2.16. The largest absolute Gasteiger partial charge is 0.545 e. The fraction of sp³-hybridized carbons (Fsp3) is 0.118.